The average Bonchev–Trinajstić information content (AvgIpc) is 2.26. The van der Waals surface area contributed by atoms with E-state index in [0.717, 1.165) is 24.8 Å². The predicted molar refractivity (Wildman–Crippen MR) is 66.6 cm³/mol. The predicted octanol–water partition coefficient (Wildman–Crippen LogP) is 2.19. The maximum atomic E-state index is 6.09. The lowest BCUT2D eigenvalue weighted by atomic mass is 9.89. The lowest BCUT2D eigenvalue weighted by molar-refractivity contribution is 0.323. The third-order valence-corrected chi connectivity index (χ3v) is 3.64. The van der Waals surface area contributed by atoms with E-state index < -0.39 is 0 Å². The standard InChI is InChI=1S/C11H17ClN4/c1-7-3-4-16(6-8(7)2)10-9(12)5-14-11(13)15-10/h5,7-8H,3-4,6H2,1-2H3,(H2,13,14,15). The molecule has 1 saturated heterocycles. The van der Waals surface area contributed by atoms with Crippen LogP contribution in [0, 0.1) is 11.8 Å². The fraction of sp³-hybridized carbons (Fsp3) is 0.636. The summed E-state index contributed by atoms with van der Waals surface area (Å²) in [7, 11) is 0. The van der Waals surface area contributed by atoms with Crippen molar-refractivity contribution in [2.24, 2.45) is 11.8 Å². The van der Waals surface area contributed by atoms with Crippen molar-refractivity contribution < 1.29 is 0 Å². The SMILES string of the molecule is CC1CCN(c2nc(N)ncc2Cl)CC1C. The number of piperidine rings is 1. The highest BCUT2D eigenvalue weighted by Gasteiger charge is 2.24. The van der Waals surface area contributed by atoms with Crippen molar-refractivity contribution in [1.82, 2.24) is 9.97 Å². The van der Waals surface area contributed by atoms with Crippen LogP contribution in [0.1, 0.15) is 20.3 Å². The Morgan fingerprint density at radius 1 is 1.44 bits per heavy atom. The van der Waals surface area contributed by atoms with Crippen LogP contribution in [0.2, 0.25) is 5.02 Å². The Hall–Kier alpha value is -1.03. The van der Waals surface area contributed by atoms with E-state index >= 15 is 0 Å². The highest BCUT2D eigenvalue weighted by molar-refractivity contribution is 6.32. The number of nitrogen functional groups attached to an aromatic ring is 1. The van der Waals surface area contributed by atoms with Crippen molar-refractivity contribution in [1.29, 1.82) is 0 Å². The molecule has 5 heteroatoms. The maximum Gasteiger partial charge on any atom is 0.222 e. The molecule has 0 spiro atoms. The van der Waals surface area contributed by atoms with Crippen LogP contribution in [-0.4, -0.2) is 23.1 Å². The second-order valence-electron chi connectivity index (χ2n) is 4.59. The summed E-state index contributed by atoms with van der Waals surface area (Å²) in [5.41, 5.74) is 5.59. The summed E-state index contributed by atoms with van der Waals surface area (Å²) < 4.78 is 0. The van der Waals surface area contributed by atoms with Gasteiger partial charge in [-0.05, 0) is 18.3 Å². The topological polar surface area (TPSA) is 55.0 Å². The summed E-state index contributed by atoms with van der Waals surface area (Å²) in [6.07, 6.45) is 2.74. The van der Waals surface area contributed by atoms with Gasteiger partial charge in [0, 0.05) is 13.1 Å². The Balaban J connectivity index is 2.21. The Bertz CT molecular complexity index is 382. The number of halogens is 1. The Labute approximate surface area is 101 Å². The number of nitrogens with zero attached hydrogens (tertiary/aromatic N) is 3. The van der Waals surface area contributed by atoms with Crippen LogP contribution in [-0.2, 0) is 0 Å². The summed E-state index contributed by atoms with van der Waals surface area (Å²) >= 11 is 6.09. The Morgan fingerprint density at radius 3 is 2.88 bits per heavy atom. The van der Waals surface area contributed by atoms with Gasteiger partial charge in [-0.3, -0.25) is 0 Å². The van der Waals surface area contributed by atoms with Gasteiger partial charge in [0.15, 0.2) is 5.82 Å². The van der Waals surface area contributed by atoms with Crippen molar-refractivity contribution in [2.75, 3.05) is 23.7 Å². The summed E-state index contributed by atoms with van der Waals surface area (Å²) in [5, 5.41) is 0.580. The first kappa shape index (κ1) is 11.5. The average molecular weight is 241 g/mol. The first-order chi connectivity index (χ1) is 7.58. The van der Waals surface area contributed by atoms with Gasteiger partial charge in [-0.25, -0.2) is 4.98 Å². The zero-order valence-corrected chi connectivity index (χ0v) is 10.4. The molecule has 0 amide bonds. The molecule has 2 heterocycles. The number of aromatic nitrogens is 2. The second kappa shape index (κ2) is 4.45. The molecule has 2 unspecified atom stereocenters. The first-order valence-corrected chi connectivity index (χ1v) is 5.98. The number of hydrogen-bond acceptors (Lipinski definition) is 4. The molecule has 1 fully saturated rings. The summed E-state index contributed by atoms with van der Waals surface area (Å²) in [6.45, 7) is 6.52. The molecular weight excluding hydrogens is 224 g/mol. The largest absolute Gasteiger partial charge is 0.368 e. The molecule has 0 aliphatic carbocycles. The molecule has 2 N–H and O–H groups in total. The Morgan fingerprint density at radius 2 is 2.19 bits per heavy atom. The van der Waals surface area contributed by atoms with Crippen molar-refractivity contribution in [2.45, 2.75) is 20.3 Å². The lowest BCUT2D eigenvalue weighted by Gasteiger charge is -2.36. The Kier molecular flexibility index (Phi) is 3.19. The molecule has 0 saturated carbocycles. The maximum absolute atomic E-state index is 6.09. The molecular formula is C11H17ClN4. The zero-order valence-electron chi connectivity index (χ0n) is 9.65. The van der Waals surface area contributed by atoms with Gasteiger partial charge in [0.25, 0.3) is 0 Å². The van der Waals surface area contributed by atoms with Gasteiger partial charge in [-0.1, -0.05) is 25.4 Å². The normalized spacial score (nSPS) is 25.8. The summed E-state index contributed by atoms with van der Waals surface area (Å²) in [6, 6.07) is 0. The third kappa shape index (κ3) is 2.21. The van der Waals surface area contributed by atoms with E-state index in [4.69, 9.17) is 17.3 Å². The van der Waals surface area contributed by atoms with Crippen LogP contribution >= 0.6 is 11.6 Å². The van der Waals surface area contributed by atoms with Crippen molar-refractivity contribution in [3.05, 3.63) is 11.2 Å². The number of rotatable bonds is 1. The van der Waals surface area contributed by atoms with E-state index in [2.05, 4.69) is 28.7 Å². The number of hydrogen-bond donors (Lipinski definition) is 1. The van der Waals surface area contributed by atoms with Crippen LogP contribution in [0.3, 0.4) is 0 Å². The molecule has 1 aliphatic rings. The first-order valence-electron chi connectivity index (χ1n) is 5.61. The molecule has 0 bridgehead atoms. The molecule has 0 radical (unpaired) electrons. The van der Waals surface area contributed by atoms with Gasteiger partial charge in [-0.15, -0.1) is 0 Å². The molecule has 16 heavy (non-hydrogen) atoms. The van der Waals surface area contributed by atoms with Crippen molar-refractivity contribution in [3.8, 4) is 0 Å². The highest BCUT2D eigenvalue weighted by Crippen LogP contribution is 2.30. The number of nitrogens with two attached hydrogens (primary N) is 1. The van der Waals surface area contributed by atoms with Crippen LogP contribution in [0.5, 0.6) is 0 Å². The molecule has 0 aromatic carbocycles. The van der Waals surface area contributed by atoms with Gasteiger partial charge in [-0.2, -0.15) is 4.98 Å². The van der Waals surface area contributed by atoms with Gasteiger partial charge < -0.3 is 10.6 Å². The van der Waals surface area contributed by atoms with E-state index in [1.807, 2.05) is 0 Å². The molecule has 1 aromatic rings. The zero-order chi connectivity index (χ0) is 11.7. The molecule has 4 nitrogen and oxygen atoms in total. The van der Waals surface area contributed by atoms with Crippen molar-refractivity contribution >= 4 is 23.4 Å². The van der Waals surface area contributed by atoms with Crippen molar-refractivity contribution in [3.63, 3.8) is 0 Å². The van der Waals surface area contributed by atoms with Crippen LogP contribution < -0.4 is 10.6 Å². The van der Waals surface area contributed by atoms with Crippen LogP contribution in [0.25, 0.3) is 0 Å². The minimum atomic E-state index is 0.283. The van der Waals surface area contributed by atoms with Gasteiger partial charge in [0.05, 0.1) is 6.20 Å². The molecule has 1 aliphatic heterocycles. The van der Waals surface area contributed by atoms with Gasteiger partial charge in [0.2, 0.25) is 5.95 Å². The quantitative estimate of drug-likeness (QED) is 0.818. The van der Waals surface area contributed by atoms with E-state index in [1.165, 1.54) is 6.42 Å². The molecule has 88 valence electrons. The minimum absolute atomic E-state index is 0.283. The third-order valence-electron chi connectivity index (χ3n) is 3.38. The van der Waals surface area contributed by atoms with Crippen LogP contribution in [0.4, 0.5) is 11.8 Å². The van der Waals surface area contributed by atoms with E-state index in [1.54, 1.807) is 6.20 Å². The fourth-order valence-corrected chi connectivity index (χ4v) is 2.26. The number of anilines is 2. The summed E-state index contributed by atoms with van der Waals surface area (Å²) in [5.74, 6) is 2.47. The monoisotopic (exact) mass is 240 g/mol. The van der Waals surface area contributed by atoms with Gasteiger partial charge >= 0.3 is 0 Å². The van der Waals surface area contributed by atoms with E-state index in [-0.39, 0.29) is 5.95 Å². The summed E-state index contributed by atoms with van der Waals surface area (Å²) in [4.78, 5) is 10.3. The molecule has 2 rings (SSSR count). The smallest absolute Gasteiger partial charge is 0.222 e. The highest BCUT2D eigenvalue weighted by atomic mass is 35.5. The van der Waals surface area contributed by atoms with Crippen LogP contribution in [0.15, 0.2) is 6.20 Å². The molecule has 2 atom stereocenters. The minimum Gasteiger partial charge on any atom is -0.368 e. The fourth-order valence-electron chi connectivity index (χ4n) is 2.05. The lowest BCUT2D eigenvalue weighted by Crippen LogP contribution is -2.39. The second-order valence-corrected chi connectivity index (χ2v) is 5.00. The van der Waals surface area contributed by atoms with Gasteiger partial charge in [0.1, 0.15) is 5.02 Å². The van der Waals surface area contributed by atoms with E-state index in [0.29, 0.717) is 10.9 Å². The molecule has 1 aromatic heterocycles. The van der Waals surface area contributed by atoms with E-state index in [9.17, 15) is 0 Å².